The van der Waals surface area contributed by atoms with Gasteiger partial charge in [0.15, 0.2) is 0 Å². The number of rotatable bonds is 4. The smallest absolute Gasteiger partial charge is 0.250 e. The van der Waals surface area contributed by atoms with Crippen LogP contribution < -0.4 is 10.5 Å². The minimum atomic E-state index is -3.46. The molecule has 1 fully saturated rings. The molecule has 4 nitrogen and oxygen atoms in total. The Hall–Kier alpha value is -0.500. The SMILES string of the molecule is CC1(C)CCC(NS(=O)(=O)c2ccc(C(N)=S)s2)CC1. The fraction of sp³-hybridized carbons (Fsp3) is 0.615. The first-order chi connectivity index (χ1) is 9.20. The van der Waals surface area contributed by atoms with Crippen LogP contribution in [-0.2, 0) is 10.0 Å². The van der Waals surface area contributed by atoms with Crippen LogP contribution in [0.25, 0.3) is 0 Å². The highest BCUT2D eigenvalue weighted by Crippen LogP contribution is 2.35. The molecule has 7 heteroatoms. The largest absolute Gasteiger partial charge is 0.389 e. The van der Waals surface area contributed by atoms with Crippen LogP contribution in [0.2, 0.25) is 0 Å². The predicted molar refractivity (Wildman–Crippen MR) is 86.6 cm³/mol. The van der Waals surface area contributed by atoms with Crippen molar-refractivity contribution in [3.63, 3.8) is 0 Å². The van der Waals surface area contributed by atoms with E-state index in [-0.39, 0.29) is 15.2 Å². The summed E-state index contributed by atoms with van der Waals surface area (Å²) < 4.78 is 27.7. The molecule has 0 bridgehead atoms. The van der Waals surface area contributed by atoms with Crippen LogP contribution in [0.3, 0.4) is 0 Å². The maximum Gasteiger partial charge on any atom is 0.250 e. The molecule has 0 atom stereocenters. The van der Waals surface area contributed by atoms with Crippen LogP contribution >= 0.6 is 23.6 Å². The van der Waals surface area contributed by atoms with E-state index in [2.05, 4.69) is 18.6 Å². The lowest BCUT2D eigenvalue weighted by Crippen LogP contribution is -2.38. The minimum Gasteiger partial charge on any atom is -0.389 e. The zero-order valence-electron chi connectivity index (χ0n) is 11.7. The summed E-state index contributed by atoms with van der Waals surface area (Å²) in [5, 5.41) is 0. The van der Waals surface area contributed by atoms with E-state index in [0.717, 1.165) is 37.0 Å². The number of sulfonamides is 1. The molecule has 0 aromatic carbocycles. The van der Waals surface area contributed by atoms with Gasteiger partial charge >= 0.3 is 0 Å². The fourth-order valence-electron chi connectivity index (χ4n) is 2.39. The summed E-state index contributed by atoms with van der Waals surface area (Å²) in [7, 11) is -3.46. The summed E-state index contributed by atoms with van der Waals surface area (Å²) in [6.07, 6.45) is 3.87. The molecule has 1 aromatic rings. The molecule has 0 spiro atoms. The standard InChI is InChI=1S/C13H20N2O2S3/c1-13(2)7-5-9(6-8-13)15-20(16,17)11-4-3-10(19-11)12(14)18/h3-4,9,15H,5-8H2,1-2H3,(H2,14,18). The predicted octanol–water partition coefficient (Wildman–Crippen LogP) is 2.63. The van der Waals surface area contributed by atoms with Gasteiger partial charge in [-0.15, -0.1) is 11.3 Å². The van der Waals surface area contributed by atoms with Crippen LogP contribution in [0, 0.1) is 5.41 Å². The second-order valence-corrected chi connectivity index (χ2v) is 9.51. The Labute approximate surface area is 129 Å². The van der Waals surface area contributed by atoms with Crippen molar-refractivity contribution in [3.05, 3.63) is 17.0 Å². The molecular weight excluding hydrogens is 312 g/mol. The molecule has 0 aliphatic heterocycles. The number of thiocarbonyl (C=S) groups is 1. The van der Waals surface area contributed by atoms with Crippen molar-refractivity contribution < 1.29 is 8.42 Å². The molecule has 0 amide bonds. The first-order valence-corrected chi connectivity index (χ1v) is 9.32. The van der Waals surface area contributed by atoms with Gasteiger partial charge < -0.3 is 5.73 Å². The van der Waals surface area contributed by atoms with Crippen molar-refractivity contribution in [3.8, 4) is 0 Å². The first kappa shape index (κ1) is 15.9. The van der Waals surface area contributed by atoms with Crippen molar-refractivity contribution in [2.75, 3.05) is 0 Å². The van der Waals surface area contributed by atoms with Crippen LogP contribution in [-0.4, -0.2) is 19.4 Å². The van der Waals surface area contributed by atoms with Crippen LogP contribution in [0.1, 0.15) is 44.4 Å². The molecule has 3 N–H and O–H groups in total. The molecule has 112 valence electrons. The highest BCUT2D eigenvalue weighted by molar-refractivity contribution is 7.91. The summed E-state index contributed by atoms with van der Waals surface area (Å²) >= 11 is 5.98. The first-order valence-electron chi connectivity index (χ1n) is 6.62. The van der Waals surface area contributed by atoms with Gasteiger partial charge in [-0.2, -0.15) is 0 Å². The van der Waals surface area contributed by atoms with Gasteiger partial charge in [-0.25, -0.2) is 13.1 Å². The second-order valence-electron chi connectivity index (χ2n) is 6.04. The van der Waals surface area contributed by atoms with Gasteiger partial charge in [-0.1, -0.05) is 26.1 Å². The summed E-state index contributed by atoms with van der Waals surface area (Å²) in [4.78, 5) is 0.862. The molecule has 1 saturated carbocycles. The number of hydrogen-bond donors (Lipinski definition) is 2. The topological polar surface area (TPSA) is 72.2 Å². The fourth-order valence-corrected chi connectivity index (χ4v) is 5.06. The number of nitrogens with one attached hydrogen (secondary N) is 1. The van der Waals surface area contributed by atoms with Crippen molar-refractivity contribution >= 4 is 38.6 Å². The highest BCUT2D eigenvalue weighted by atomic mass is 32.2. The van der Waals surface area contributed by atoms with Crippen LogP contribution in [0.15, 0.2) is 16.3 Å². The van der Waals surface area contributed by atoms with E-state index in [1.54, 1.807) is 12.1 Å². The third-order valence-electron chi connectivity index (χ3n) is 3.75. The van der Waals surface area contributed by atoms with E-state index >= 15 is 0 Å². The Morgan fingerprint density at radius 3 is 2.50 bits per heavy atom. The molecule has 0 radical (unpaired) electrons. The van der Waals surface area contributed by atoms with E-state index in [9.17, 15) is 8.42 Å². The molecule has 1 aliphatic rings. The average molecular weight is 333 g/mol. The van der Waals surface area contributed by atoms with Crippen molar-refractivity contribution in [1.29, 1.82) is 0 Å². The van der Waals surface area contributed by atoms with Gasteiger partial charge in [0, 0.05) is 6.04 Å². The van der Waals surface area contributed by atoms with E-state index < -0.39 is 10.0 Å². The lowest BCUT2D eigenvalue weighted by Gasteiger charge is -2.34. The summed E-state index contributed by atoms with van der Waals surface area (Å²) in [5.41, 5.74) is 5.83. The maximum atomic E-state index is 12.3. The summed E-state index contributed by atoms with van der Waals surface area (Å²) in [5.74, 6) is 0. The van der Waals surface area contributed by atoms with E-state index in [0.29, 0.717) is 10.3 Å². The zero-order valence-corrected chi connectivity index (χ0v) is 14.1. The third kappa shape index (κ3) is 3.78. The van der Waals surface area contributed by atoms with Gasteiger partial charge in [-0.3, -0.25) is 0 Å². The minimum absolute atomic E-state index is 0.0309. The lowest BCUT2D eigenvalue weighted by molar-refractivity contribution is 0.218. The Morgan fingerprint density at radius 1 is 1.40 bits per heavy atom. The van der Waals surface area contributed by atoms with Gasteiger partial charge in [0.05, 0.1) is 4.88 Å². The Balaban J connectivity index is 2.06. The monoisotopic (exact) mass is 332 g/mol. The number of thiophene rings is 1. The normalized spacial score (nSPS) is 19.9. The molecule has 1 heterocycles. The quantitative estimate of drug-likeness (QED) is 0.832. The Bertz CT molecular complexity index is 595. The zero-order chi connectivity index (χ0) is 15.0. The molecule has 1 aromatic heterocycles. The molecule has 0 saturated heterocycles. The van der Waals surface area contributed by atoms with Crippen LogP contribution in [0.4, 0.5) is 0 Å². The Morgan fingerprint density at radius 2 is 2.00 bits per heavy atom. The van der Waals surface area contributed by atoms with Gasteiger partial charge in [0.1, 0.15) is 9.20 Å². The highest BCUT2D eigenvalue weighted by Gasteiger charge is 2.30. The van der Waals surface area contributed by atoms with Gasteiger partial charge in [0.25, 0.3) is 0 Å². The van der Waals surface area contributed by atoms with E-state index in [4.69, 9.17) is 18.0 Å². The summed E-state index contributed by atoms with van der Waals surface area (Å²) in [6.45, 7) is 4.46. The van der Waals surface area contributed by atoms with E-state index in [1.807, 2.05) is 0 Å². The molecule has 2 rings (SSSR count). The molecular formula is C13H20N2O2S3. The molecule has 1 aliphatic carbocycles. The second kappa shape index (κ2) is 5.71. The van der Waals surface area contributed by atoms with Gasteiger partial charge in [0.2, 0.25) is 10.0 Å². The third-order valence-corrected chi connectivity index (χ3v) is 7.23. The average Bonchev–Trinajstić information content (AvgIpc) is 2.82. The molecule has 0 unspecified atom stereocenters. The van der Waals surface area contributed by atoms with Crippen molar-refractivity contribution in [1.82, 2.24) is 4.72 Å². The van der Waals surface area contributed by atoms with Crippen LogP contribution in [0.5, 0.6) is 0 Å². The van der Waals surface area contributed by atoms with E-state index in [1.165, 1.54) is 0 Å². The maximum absolute atomic E-state index is 12.3. The summed E-state index contributed by atoms with van der Waals surface area (Å²) in [6, 6.07) is 3.25. The lowest BCUT2D eigenvalue weighted by atomic mass is 9.76. The number of nitrogens with two attached hydrogens (primary N) is 1. The van der Waals surface area contributed by atoms with Crippen molar-refractivity contribution in [2.24, 2.45) is 11.1 Å². The number of hydrogen-bond acceptors (Lipinski definition) is 4. The van der Waals surface area contributed by atoms with Gasteiger partial charge in [-0.05, 0) is 43.2 Å². The Kier molecular flexibility index (Phi) is 4.53. The molecule has 20 heavy (non-hydrogen) atoms. The van der Waals surface area contributed by atoms with Crippen molar-refractivity contribution in [2.45, 2.75) is 49.8 Å².